The van der Waals surface area contributed by atoms with Crippen molar-refractivity contribution in [1.82, 2.24) is 0 Å². The van der Waals surface area contributed by atoms with Gasteiger partial charge in [-0.3, -0.25) is 4.79 Å². The van der Waals surface area contributed by atoms with Crippen LogP contribution in [0, 0.1) is 6.92 Å². The van der Waals surface area contributed by atoms with E-state index in [1.165, 1.54) is 6.08 Å². The molecule has 4 nitrogen and oxygen atoms in total. The summed E-state index contributed by atoms with van der Waals surface area (Å²) in [4.78, 5) is 26.6. The van der Waals surface area contributed by atoms with E-state index in [1.807, 2.05) is 62.4 Å². The van der Waals surface area contributed by atoms with Crippen molar-refractivity contribution >= 4 is 23.6 Å². The van der Waals surface area contributed by atoms with Gasteiger partial charge in [0.2, 0.25) is 0 Å². The highest BCUT2D eigenvalue weighted by molar-refractivity contribution is 6.00. The molecule has 1 aliphatic heterocycles. The van der Waals surface area contributed by atoms with Gasteiger partial charge in [-0.05, 0) is 50.5 Å². The first-order chi connectivity index (χ1) is 12.5. The van der Waals surface area contributed by atoms with Crippen LogP contribution in [-0.4, -0.2) is 24.0 Å². The van der Waals surface area contributed by atoms with Crippen LogP contribution < -0.4 is 4.90 Å². The summed E-state index contributed by atoms with van der Waals surface area (Å²) in [6.07, 6.45) is 3.04. The van der Waals surface area contributed by atoms with Crippen LogP contribution in [-0.2, 0) is 20.7 Å². The number of hydrogen-bond donors (Lipinski definition) is 0. The number of rotatable bonds is 4. The van der Waals surface area contributed by atoms with Crippen molar-refractivity contribution < 1.29 is 14.3 Å². The highest BCUT2D eigenvalue weighted by atomic mass is 16.5. The number of fused-ring (bicyclic) bond motifs is 1. The van der Waals surface area contributed by atoms with Gasteiger partial charge in [0, 0.05) is 17.8 Å². The summed E-state index contributed by atoms with van der Waals surface area (Å²) in [6.45, 7) is 5.62. The molecule has 0 aliphatic carbocycles. The van der Waals surface area contributed by atoms with Gasteiger partial charge in [-0.1, -0.05) is 48.0 Å². The minimum absolute atomic E-state index is 0.0592. The number of para-hydroxylation sites is 1. The van der Waals surface area contributed by atoms with Crippen LogP contribution in [0.15, 0.2) is 54.6 Å². The molecule has 0 bridgehead atoms. The lowest BCUT2D eigenvalue weighted by molar-refractivity contribution is -0.149. The second-order valence-electron chi connectivity index (χ2n) is 6.72. The van der Waals surface area contributed by atoms with E-state index in [9.17, 15) is 9.59 Å². The number of esters is 1. The van der Waals surface area contributed by atoms with E-state index >= 15 is 0 Å². The van der Waals surface area contributed by atoms with Crippen molar-refractivity contribution in [2.24, 2.45) is 0 Å². The number of carbonyl (C=O) groups is 2. The molecule has 2 atom stereocenters. The smallest absolute Gasteiger partial charge is 0.331 e. The number of nitrogens with zero attached hydrogens (tertiary/aromatic N) is 1. The third-order valence-electron chi connectivity index (χ3n) is 4.54. The molecule has 0 saturated heterocycles. The fourth-order valence-electron chi connectivity index (χ4n) is 3.30. The number of aryl methyl sites for hydroxylation is 1. The molecule has 1 amide bonds. The van der Waals surface area contributed by atoms with Crippen molar-refractivity contribution in [3.63, 3.8) is 0 Å². The van der Waals surface area contributed by atoms with Gasteiger partial charge in [-0.25, -0.2) is 4.79 Å². The molecule has 0 saturated carbocycles. The minimum atomic E-state index is -0.835. The Bertz CT molecular complexity index is 856. The molecule has 134 valence electrons. The summed E-state index contributed by atoms with van der Waals surface area (Å²) in [6, 6.07) is 15.7. The predicted octanol–water partition coefficient (Wildman–Crippen LogP) is 3.92. The number of benzene rings is 2. The van der Waals surface area contributed by atoms with Crippen LogP contribution in [0.1, 0.15) is 30.5 Å². The quantitative estimate of drug-likeness (QED) is 0.621. The Kier molecular flexibility index (Phi) is 5.21. The van der Waals surface area contributed by atoms with E-state index in [2.05, 4.69) is 0 Å². The number of hydrogen-bond acceptors (Lipinski definition) is 3. The van der Waals surface area contributed by atoms with E-state index in [0.717, 1.165) is 28.8 Å². The first kappa shape index (κ1) is 17.9. The zero-order valence-corrected chi connectivity index (χ0v) is 15.3. The highest BCUT2D eigenvalue weighted by Gasteiger charge is 2.34. The number of ether oxygens (including phenoxy) is 1. The molecule has 2 aromatic rings. The third kappa shape index (κ3) is 3.85. The fraction of sp³-hybridized carbons (Fsp3) is 0.273. The van der Waals surface area contributed by atoms with Gasteiger partial charge < -0.3 is 9.64 Å². The molecular formula is C22H23NO3. The number of carbonyl (C=O) groups excluding carboxylic acids is 2. The van der Waals surface area contributed by atoms with E-state index in [1.54, 1.807) is 17.9 Å². The molecule has 0 fully saturated rings. The van der Waals surface area contributed by atoms with Gasteiger partial charge in [0.1, 0.15) is 0 Å². The van der Waals surface area contributed by atoms with Crippen molar-refractivity contribution in [1.29, 1.82) is 0 Å². The summed E-state index contributed by atoms with van der Waals surface area (Å²) in [7, 11) is 0. The Morgan fingerprint density at radius 1 is 1.19 bits per heavy atom. The zero-order valence-electron chi connectivity index (χ0n) is 15.3. The molecule has 26 heavy (non-hydrogen) atoms. The van der Waals surface area contributed by atoms with Crippen LogP contribution in [0.5, 0.6) is 0 Å². The SMILES string of the molecule is Cc1cccc(/C=C/C(=O)O[C@@H](C)C(=O)N2c3ccccc3C[C@H]2C)c1. The molecule has 1 aliphatic rings. The zero-order chi connectivity index (χ0) is 18.7. The maximum atomic E-state index is 12.8. The molecule has 0 spiro atoms. The Morgan fingerprint density at radius 3 is 2.73 bits per heavy atom. The summed E-state index contributed by atoms with van der Waals surface area (Å²) in [5, 5.41) is 0. The Morgan fingerprint density at radius 2 is 1.96 bits per heavy atom. The molecule has 4 heteroatoms. The summed E-state index contributed by atoms with van der Waals surface area (Å²) < 4.78 is 5.32. The van der Waals surface area contributed by atoms with Gasteiger partial charge in [0.15, 0.2) is 6.10 Å². The molecule has 0 unspecified atom stereocenters. The van der Waals surface area contributed by atoms with Crippen LogP contribution in [0.3, 0.4) is 0 Å². The Balaban J connectivity index is 1.65. The van der Waals surface area contributed by atoms with Crippen LogP contribution in [0.25, 0.3) is 6.08 Å². The van der Waals surface area contributed by atoms with Crippen molar-refractivity contribution in [3.05, 3.63) is 71.3 Å². The second-order valence-corrected chi connectivity index (χ2v) is 6.72. The van der Waals surface area contributed by atoms with Gasteiger partial charge in [0.25, 0.3) is 5.91 Å². The molecule has 0 aromatic heterocycles. The monoisotopic (exact) mass is 349 g/mol. The Labute approximate surface area is 154 Å². The normalized spacial score (nSPS) is 17.2. The maximum Gasteiger partial charge on any atom is 0.331 e. The topological polar surface area (TPSA) is 46.6 Å². The predicted molar refractivity (Wildman–Crippen MR) is 103 cm³/mol. The van der Waals surface area contributed by atoms with Crippen LogP contribution in [0.4, 0.5) is 5.69 Å². The van der Waals surface area contributed by atoms with Crippen molar-refractivity contribution in [2.75, 3.05) is 4.90 Å². The van der Waals surface area contributed by atoms with Crippen LogP contribution >= 0.6 is 0 Å². The molecule has 1 heterocycles. The minimum Gasteiger partial charge on any atom is -0.449 e. The van der Waals surface area contributed by atoms with E-state index < -0.39 is 12.1 Å². The number of anilines is 1. The molecule has 3 rings (SSSR count). The van der Waals surface area contributed by atoms with Gasteiger partial charge in [0.05, 0.1) is 0 Å². The first-order valence-corrected chi connectivity index (χ1v) is 8.82. The van der Waals surface area contributed by atoms with Gasteiger partial charge in [-0.15, -0.1) is 0 Å². The lowest BCUT2D eigenvalue weighted by Crippen LogP contribution is -2.43. The van der Waals surface area contributed by atoms with Gasteiger partial charge >= 0.3 is 5.97 Å². The van der Waals surface area contributed by atoms with E-state index in [-0.39, 0.29) is 11.9 Å². The molecule has 0 N–H and O–H groups in total. The van der Waals surface area contributed by atoms with E-state index in [0.29, 0.717) is 0 Å². The lowest BCUT2D eigenvalue weighted by Gasteiger charge is -2.25. The molecule has 0 radical (unpaired) electrons. The third-order valence-corrected chi connectivity index (χ3v) is 4.54. The first-order valence-electron chi connectivity index (χ1n) is 8.82. The van der Waals surface area contributed by atoms with Gasteiger partial charge in [-0.2, -0.15) is 0 Å². The second kappa shape index (κ2) is 7.56. The molecular weight excluding hydrogens is 326 g/mol. The van der Waals surface area contributed by atoms with E-state index in [4.69, 9.17) is 4.74 Å². The highest BCUT2D eigenvalue weighted by Crippen LogP contribution is 2.32. The average Bonchev–Trinajstić information content (AvgIpc) is 2.95. The maximum absolute atomic E-state index is 12.8. The Hall–Kier alpha value is -2.88. The van der Waals surface area contributed by atoms with Crippen molar-refractivity contribution in [3.8, 4) is 0 Å². The lowest BCUT2D eigenvalue weighted by atomic mass is 10.1. The fourth-order valence-corrected chi connectivity index (χ4v) is 3.30. The average molecular weight is 349 g/mol. The summed E-state index contributed by atoms with van der Waals surface area (Å²) in [5.74, 6) is -0.716. The summed E-state index contributed by atoms with van der Waals surface area (Å²) >= 11 is 0. The largest absolute Gasteiger partial charge is 0.449 e. The van der Waals surface area contributed by atoms with Crippen molar-refractivity contribution in [2.45, 2.75) is 39.3 Å². The standard InChI is InChI=1S/C22H23NO3/c1-15-7-6-8-18(13-15)11-12-21(24)26-17(3)22(25)23-16(2)14-19-9-4-5-10-20(19)23/h4-13,16-17H,14H2,1-3H3/b12-11+/t16-,17+/m1/s1. The van der Waals surface area contributed by atoms with Crippen LogP contribution in [0.2, 0.25) is 0 Å². The number of amides is 1. The summed E-state index contributed by atoms with van der Waals surface area (Å²) in [5.41, 5.74) is 4.09. The molecule has 2 aromatic carbocycles.